The first kappa shape index (κ1) is 18.4. The molecule has 2 aliphatic heterocycles. The summed E-state index contributed by atoms with van der Waals surface area (Å²) in [5.41, 5.74) is 0. The van der Waals surface area contributed by atoms with Crippen LogP contribution in [0.2, 0.25) is 0 Å². The van der Waals surface area contributed by atoms with E-state index in [9.17, 15) is 8.42 Å². The first-order chi connectivity index (χ1) is 13.0. The number of nitrogens with zero attached hydrogens (tertiary/aromatic N) is 5. The van der Waals surface area contributed by atoms with Crippen LogP contribution in [0.15, 0.2) is 29.2 Å². The molecule has 2 aliphatic rings. The summed E-state index contributed by atoms with van der Waals surface area (Å²) in [7, 11) is 0.120. The van der Waals surface area contributed by atoms with E-state index in [1.807, 2.05) is 0 Å². The normalized spacial score (nSPS) is 21.8. The van der Waals surface area contributed by atoms with Crippen LogP contribution in [0.1, 0.15) is 30.4 Å². The zero-order valence-corrected chi connectivity index (χ0v) is 16.5. The molecule has 8 nitrogen and oxygen atoms in total. The fourth-order valence-corrected chi connectivity index (χ4v) is 5.32. The van der Waals surface area contributed by atoms with Gasteiger partial charge in [-0.25, -0.2) is 8.42 Å². The molecule has 27 heavy (non-hydrogen) atoms. The van der Waals surface area contributed by atoms with Gasteiger partial charge in [-0.05, 0) is 50.7 Å². The summed E-state index contributed by atoms with van der Waals surface area (Å²) in [6.07, 6.45) is 2.26. The first-order valence-corrected chi connectivity index (χ1v) is 10.7. The molecule has 1 atom stereocenters. The van der Waals surface area contributed by atoms with Gasteiger partial charge in [0.15, 0.2) is 0 Å². The van der Waals surface area contributed by atoms with Crippen molar-refractivity contribution in [3.8, 4) is 5.75 Å². The Kier molecular flexibility index (Phi) is 4.92. The highest BCUT2D eigenvalue weighted by Crippen LogP contribution is 2.28. The third kappa shape index (κ3) is 3.46. The van der Waals surface area contributed by atoms with Crippen molar-refractivity contribution in [2.45, 2.75) is 36.7 Å². The topological polar surface area (TPSA) is 80.6 Å². The van der Waals surface area contributed by atoms with Crippen LogP contribution in [0.3, 0.4) is 0 Å². The predicted octanol–water partition coefficient (Wildman–Crippen LogP) is 1.30. The molecule has 0 amide bonds. The van der Waals surface area contributed by atoms with E-state index in [1.165, 1.54) is 4.31 Å². The maximum absolute atomic E-state index is 13.0. The quantitative estimate of drug-likeness (QED) is 0.782. The Morgan fingerprint density at radius 1 is 1.11 bits per heavy atom. The fraction of sp³-hybridized carbons (Fsp3) is 0.556. The highest BCUT2D eigenvalue weighted by atomic mass is 32.2. The molecule has 0 aliphatic carbocycles. The first-order valence-electron chi connectivity index (χ1n) is 9.24. The summed E-state index contributed by atoms with van der Waals surface area (Å²) in [4.78, 5) is 2.59. The van der Waals surface area contributed by atoms with Crippen LogP contribution >= 0.6 is 0 Å². The molecule has 0 bridgehead atoms. The van der Waals surface area contributed by atoms with Gasteiger partial charge in [-0.1, -0.05) is 0 Å². The molecule has 146 valence electrons. The number of hydrogen-bond acceptors (Lipinski definition) is 6. The highest BCUT2D eigenvalue weighted by Gasteiger charge is 2.33. The molecular formula is C18H25N5O3S. The number of benzene rings is 1. The summed E-state index contributed by atoms with van der Waals surface area (Å²) in [5.74, 6) is 2.73. The Bertz CT molecular complexity index is 910. The van der Waals surface area contributed by atoms with Crippen molar-refractivity contribution in [1.82, 2.24) is 24.0 Å². The van der Waals surface area contributed by atoms with Gasteiger partial charge < -0.3 is 14.2 Å². The third-order valence-corrected chi connectivity index (χ3v) is 7.29. The van der Waals surface area contributed by atoms with Gasteiger partial charge in [0, 0.05) is 25.6 Å². The molecule has 1 aromatic heterocycles. The van der Waals surface area contributed by atoms with E-state index < -0.39 is 10.0 Å². The number of ether oxygens (including phenoxy) is 1. The molecule has 0 radical (unpaired) electrons. The maximum Gasteiger partial charge on any atom is 0.243 e. The number of methoxy groups -OCH3 is 1. The van der Waals surface area contributed by atoms with Crippen molar-refractivity contribution in [3.05, 3.63) is 35.9 Å². The van der Waals surface area contributed by atoms with Gasteiger partial charge in [-0.2, -0.15) is 4.31 Å². The van der Waals surface area contributed by atoms with Crippen molar-refractivity contribution in [2.75, 3.05) is 33.8 Å². The lowest BCUT2D eigenvalue weighted by Crippen LogP contribution is -2.39. The molecule has 1 fully saturated rings. The van der Waals surface area contributed by atoms with Crippen molar-refractivity contribution in [3.63, 3.8) is 0 Å². The molecule has 1 aromatic carbocycles. The highest BCUT2D eigenvalue weighted by molar-refractivity contribution is 7.89. The minimum Gasteiger partial charge on any atom is -0.497 e. The van der Waals surface area contributed by atoms with Crippen LogP contribution in [-0.4, -0.2) is 66.2 Å². The van der Waals surface area contributed by atoms with Crippen molar-refractivity contribution in [2.24, 2.45) is 0 Å². The largest absolute Gasteiger partial charge is 0.497 e. The second kappa shape index (κ2) is 7.21. The van der Waals surface area contributed by atoms with Gasteiger partial charge in [0.2, 0.25) is 10.0 Å². The molecule has 0 spiro atoms. The predicted molar refractivity (Wildman–Crippen MR) is 100 cm³/mol. The molecular weight excluding hydrogens is 366 g/mol. The Morgan fingerprint density at radius 3 is 2.59 bits per heavy atom. The number of hydrogen-bond donors (Lipinski definition) is 0. The summed E-state index contributed by atoms with van der Waals surface area (Å²) in [6, 6.07) is 6.49. The third-order valence-electron chi connectivity index (χ3n) is 5.43. The van der Waals surface area contributed by atoms with Crippen LogP contribution in [0, 0.1) is 0 Å². The molecule has 4 rings (SSSR count). The SMILES string of the molecule is COc1ccc(S(=O)(=O)N2CCn3c(nnc3[C@H]3CCCN(C)C3)C2)cc1. The van der Waals surface area contributed by atoms with E-state index >= 15 is 0 Å². The molecule has 3 heterocycles. The Labute approximate surface area is 159 Å². The number of aromatic nitrogens is 3. The van der Waals surface area contributed by atoms with Gasteiger partial charge in [0.25, 0.3) is 0 Å². The van der Waals surface area contributed by atoms with Crippen molar-refractivity contribution in [1.29, 1.82) is 0 Å². The molecule has 2 aromatic rings. The van der Waals surface area contributed by atoms with E-state index in [4.69, 9.17) is 4.74 Å². The average Bonchev–Trinajstić information content (AvgIpc) is 3.11. The van der Waals surface area contributed by atoms with Gasteiger partial charge in [-0.3, -0.25) is 0 Å². The Balaban J connectivity index is 1.54. The number of sulfonamides is 1. The monoisotopic (exact) mass is 391 g/mol. The van der Waals surface area contributed by atoms with E-state index in [-0.39, 0.29) is 11.4 Å². The van der Waals surface area contributed by atoms with Gasteiger partial charge in [-0.15, -0.1) is 10.2 Å². The number of fused-ring (bicyclic) bond motifs is 1. The second-order valence-corrected chi connectivity index (χ2v) is 9.18. The van der Waals surface area contributed by atoms with E-state index in [1.54, 1.807) is 31.4 Å². The minimum atomic E-state index is -3.57. The zero-order chi connectivity index (χ0) is 19.0. The zero-order valence-electron chi connectivity index (χ0n) is 15.7. The summed E-state index contributed by atoms with van der Waals surface area (Å²) < 4.78 is 34.6. The lowest BCUT2D eigenvalue weighted by atomic mass is 9.97. The molecule has 0 unspecified atom stereocenters. The summed E-state index contributed by atoms with van der Waals surface area (Å²) >= 11 is 0. The Morgan fingerprint density at radius 2 is 1.89 bits per heavy atom. The Hall–Kier alpha value is -1.97. The molecule has 0 saturated carbocycles. The minimum absolute atomic E-state index is 0.254. The van der Waals surface area contributed by atoms with E-state index in [2.05, 4.69) is 26.7 Å². The van der Waals surface area contributed by atoms with Crippen LogP contribution < -0.4 is 4.74 Å². The number of rotatable bonds is 4. The van der Waals surface area contributed by atoms with Gasteiger partial charge >= 0.3 is 0 Å². The summed E-state index contributed by atoms with van der Waals surface area (Å²) in [5, 5.41) is 8.73. The second-order valence-electron chi connectivity index (χ2n) is 7.24. The van der Waals surface area contributed by atoms with Crippen LogP contribution in [-0.2, 0) is 23.1 Å². The van der Waals surface area contributed by atoms with Crippen LogP contribution in [0.25, 0.3) is 0 Å². The fourth-order valence-electron chi connectivity index (χ4n) is 3.94. The number of piperidine rings is 1. The lowest BCUT2D eigenvalue weighted by molar-refractivity contribution is 0.239. The number of likely N-dealkylation sites (tertiary alicyclic amines) is 1. The molecule has 0 N–H and O–H groups in total. The smallest absolute Gasteiger partial charge is 0.243 e. The molecule has 9 heteroatoms. The van der Waals surface area contributed by atoms with E-state index in [0.29, 0.717) is 24.8 Å². The van der Waals surface area contributed by atoms with Crippen molar-refractivity contribution >= 4 is 10.0 Å². The van der Waals surface area contributed by atoms with Gasteiger partial charge in [0.05, 0.1) is 18.6 Å². The van der Waals surface area contributed by atoms with E-state index in [0.717, 1.165) is 37.6 Å². The standard InChI is InChI=1S/C18H25N5O3S/c1-21-9-3-4-14(12-21)18-20-19-17-13-22(10-11-23(17)18)27(24,25)16-7-5-15(26-2)6-8-16/h5-8,14H,3-4,9-13H2,1-2H3/t14-/m0/s1. The molecule has 1 saturated heterocycles. The van der Waals surface area contributed by atoms with Gasteiger partial charge in [0.1, 0.15) is 17.4 Å². The van der Waals surface area contributed by atoms with Crippen LogP contribution in [0.4, 0.5) is 0 Å². The van der Waals surface area contributed by atoms with Crippen molar-refractivity contribution < 1.29 is 13.2 Å². The average molecular weight is 391 g/mol. The maximum atomic E-state index is 13.0. The summed E-state index contributed by atoms with van der Waals surface area (Å²) in [6.45, 7) is 3.36. The lowest BCUT2D eigenvalue weighted by Gasteiger charge is -2.31. The number of likely N-dealkylation sites (N-methyl/N-ethyl adjacent to an activating group) is 1. The van der Waals surface area contributed by atoms with Crippen LogP contribution in [0.5, 0.6) is 5.75 Å².